The van der Waals surface area contributed by atoms with Crippen molar-refractivity contribution in [3.05, 3.63) is 71.4 Å². The number of hydrogen-bond acceptors (Lipinski definition) is 2. The molecule has 3 rings (SSSR count). The predicted molar refractivity (Wildman–Crippen MR) is 91.6 cm³/mol. The molecule has 0 unspecified atom stereocenters. The molecule has 0 radical (unpaired) electrons. The zero-order valence-electron chi connectivity index (χ0n) is 13.9. The molecule has 0 spiro atoms. The number of nitrogens with two attached hydrogens (primary N) is 1. The summed E-state index contributed by atoms with van der Waals surface area (Å²) in [6.07, 6.45) is -4.48. The van der Waals surface area contributed by atoms with E-state index in [-0.39, 0.29) is 6.42 Å². The third-order valence-corrected chi connectivity index (χ3v) is 3.91. The van der Waals surface area contributed by atoms with E-state index >= 15 is 0 Å². The van der Waals surface area contributed by atoms with Crippen LogP contribution in [0, 0.1) is 6.92 Å². The zero-order valence-corrected chi connectivity index (χ0v) is 13.9. The minimum Gasteiger partial charge on any atom is -0.369 e. The van der Waals surface area contributed by atoms with Crippen LogP contribution in [0.3, 0.4) is 0 Å². The number of amides is 1. The van der Waals surface area contributed by atoms with Gasteiger partial charge in [0.15, 0.2) is 5.69 Å². The van der Waals surface area contributed by atoms with Crippen molar-refractivity contribution < 1.29 is 18.0 Å². The largest absolute Gasteiger partial charge is 0.435 e. The van der Waals surface area contributed by atoms with E-state index in [4.69, 9.17) is 5.73 Å². The molecule has 0 aliphatic heterocycles. The van der Waals surface area contributed by atoms with Crippen molar-refractivity contribution in [1.82, 2.24) is 9.78 Å². The molecule has 4 nitrogen and oxygen atoms in total. The molecule has 134 valence electrons. The van der Waals surface area contributed by atoms with Crippen molar-refractivity contribution in [3.63, 3.8) is 0 Å². The molecule has 0 atom stereocenters. The minimum atomic E-state index is -4.55. The normalized spacial score (nSPS) is 11.5. The number of benzene rings is 2. The van der Waals surface area contributed by atoms with E-state index in [1.54, 1.807) is 36.4 Å². The highest BCUT2D eigenvalue weighted by Gasteiger charge is 2.35. The Hall–Kier alpha value is -3.09. The van der Waals surface area contributed by atoms with E-state index in [0.717, 1.165) is 11.6 Å². The van der Waals surface area contributed by atoms with Crippen LogP contribution in [0.1, 0.15) is 16.8 Å². The molecule has 1 aromatic heterocycles. The lowest BCUT2D eigenvalue weighted by Gasteiger charge is -2.09. The van der Waals surface area contributed by atoms with E-state index in [0.29, 0.717) is 22.5 Å². The number of rotatable bonds is 4. The van der Waals surface area contributed by atoms with Gasteiger partial charge in [0.25, 0.3) is 0 Å². The van der Waals surface area contributed by atoms with Gasteiger partial charge in [0, 0.05) is 5.56 Å². The maximum absolute atomic E-state index is 13.2. The highest BCUT2D eigenvalue weighted by molar-refractivity contribution is 5.76. The Kier molecular flexibility index (Phi) is 4.54. The SMILES string of the molecule is Cc1ccc(-c2cc(C(F)(F)F)nn2-c2ccc(CC(N)=O)cc2)cc1. The number of carbonyl (C=O) groups is 1. The summed E-state index contributed by atoms with van der Waals surface area (Å²) in [4.78, 5) is 11.0. The molecule has 7 heteroatoms. The summed E-state index contributed by atoms with van der Waals surface area (Å²) >= 11 is 0. The molecule has 0 saturated carbocycles. The molecule has 3 aromatic rings. The van der Waals surface area contributed by atoms with Crippen LogP contribution in [0.25, 0.3) is 16.9 Å². The average molecular weight is 359 g/mol. The quantitative estimate of drug-likeness (QED) is 0.768. The summed E-state index contributed by atoms with van der Waals surface area (Å²) in [6.45, 7) is 1.90. The lowest BCUT2D eigenvalue weighted by atomic mass is 10.1. The predicted octanol–water partition coefficient (Wildman–Crippen LogP) is 3.89. The van der Waals surface area contributed by atoms with Gasteiger partial charge in [-0.15, -0.1) is 0 Å². The van der Waals surface area contributed by atoms with Gasteiger partial charge in [-0.25, -0.2) is 4.68 Å². The molecule has 26 heavy (non-hydrogen) atoms. The first-order valence-corrected chi connectivity index (χ1v) is 7.86. The molecule has 1 amide bonds. The van der Waals surface area contributed by atoms with Gasteiger partial charge in [0.2, 0.25) is 5.91 Å². The van der Waals surface area contributed by atoms with Crippen molar-refractivity contribution in [3.8, 4) is 16.9 Å². The molecule has 2 aromatic carbocycles. The summed E-state index contributed by atoms with van der Waals surface area (Å²) in [5.74, 6) is -0.475. The number of aryl methyl sites for hydroxylation is 1. The number of carbonyl (C=O) groups excluding carboxylic acids is 1. The van der Waals surface area contributed by atoms with Crippen LogP contribution >= 0.6 is 0 Å². The second kappa shape index (κ2) is 6.67. The topological polar surface area (TPSA) is 60.9 Å². The Morgan fingerprint density at radius 3 is 2.23 bits per heavy atom. The van der Waals surface area contributed by atoms with Crippen LogP contribution in [0.15, 0.2) is 54.6 Å². The van der Waals surface area contributed by atoms with E-state index in [9.17, 15) is 18.0 Å². The highest BCUT2D eigenvalue weighted by atomic mass is 19.4. The van der Waals surface area contributed by atoms with Gasteiger partial charge in [-0.1, -0.05) is 42.0 Å². The Balaban J connectivity index is 2.08. The van der Waals surface area contributed by atoms with Gasteiger partial charge in [0.1, 0.15) is 0 Å². The Morgan fingerprint density at radius 1 is 1.08 bits per heavy atom. The van der Waals surface area contributed by atoms with Gasteiger partial charge in [-0.3, -0.25) is 4.79 Å². The van der Waals surface area contributed by atoms with Gasteiger partial charge in [0.05, 0.1) is 17.8 Å². The van der Waals surface area contributed by atoms with Crippen LogP contribution in [-0.4, -0.2) is 15.7 Å². The lowest BCUT2D eigenvalue weighted by molar-refractivity contribution is -0.141. The van der Waals surface area contributed by atoms with Crippen LogP contribution < -0.4 is 5.73 Å². The summed E-state index contributed by atoms with van der Waals surface area (Å²) in [7, 11) is 0. The van der Waals surface area contributed by atoms with Crippen molar-refractivity contribution in [2.24, 2.45) is 5.73 Å². The fourth-order valence-electron chi connectivity index (χ4n) is 2.60. The van der Waals surface area contributed by atoms with E-state index < -0.39 is 17.8 Å². The average Bonchev–Trinajstić information content (AvgIpc) is 3.01. The van der Waals surface area contributed by atoms with Gasteiger partial charge >= 0.3 is 6.18 Å². The number of alkyl halides is 3. The lowest BCUT2D eigenvalue weighted by Crippen LogP contribution is -2.13. The van der Waals surface area contributed by atoms with Crippen molar-refractivity contribution in [2.45, 2.75) is 19.5 Å². The van der Waals surface area contributed by atoms with Crippen molar-refractivity contribution in [2.75, 3.05) is 0 Å². The summed E-state index contributed by atoms with van der Waals surface area (Å²) in [6, 6.07) is 14.7. The molecule has 0 aliphatic carbocycles. The number of halogens is 3. The standard InChI is InChI=1S/C19H16F3N3O/c1-12-2-6-14(7-3-12)16-11-17(19(20,21)22)24-25(16)15-8-4-13(5-9-15)10-18(23)26/h2-9,11H,10H2,1H3,(H2,23,26). The van der Waals surface area contributed by atoms with Gasteiger partial charge in [-0.2, -0.15) is 18.3 Å². The monoisotopic (exact) mass is 359 g/mol. The Labute approximate surface area is 148 Å². The smallest absolute Gasteiger partial charge is 0.369 e. The molecule has 2 N–H and O–H groups in total. The summed E-state index contributed by atoms with van der Waals surface area (Å²) < 4.78 is 40.7. The number of primary amides is 1. The summed E-state index contributed by atoms with van der Waals surface area (Å²) in [5, 5.41) is 3.74. The first-order chi connectivity index (χ1) is 12.2. The zero-order chi connectivity index (χ0) is 18.9. The molecular formula is C19H16F3N3O. The molecule has 1 heterocycles. The molecular weight excluding hydrogens is 343 g/mol. The second-order valence-electron chi connectivity index (χ2n) is 6.00. The number of nitrogens with zero attached hydrogens (tertiary/aromatic N) is 2. The Bertz CT molecular complexity index is 926. The maximum atomic E-state index is 13.2. The highest BCUT2D eigenvalue weighted by Crippen LogP contribution is 2.33. The van der Waals surface area contributed by atoms with Crippen molar-refractivity contribution in [1.29, 1.82) is 0 Å². The second-order valence-corrected chi connectivity index (χ2v) is 6.00. The Morgan fingerprint density at radius 2 is 1.69 bits per heavy atom. The third kappa shape index (κ3) is 3.77. The first-order valence-electron chi connectivity index (χ1n) is 7.86. The number of hydrogen-bond donors (Lipinski definition) is 1. The summed E-state index contributed by atoms with van der Waals surface area (Å²) in [5.41, 5.74) is 7.30. The van der Waals surface area contributed by atoms with Crippen LogP contribution in [-0.2, 0) is 17.4 Å². The van der Waals surface area contributed by atoms with Gasteiger partial charge in [-0.05, 0) is 30.7 Å². The van der Waals surface area contributed by atoms with Crippen molar-refractivity contribution >= 4 is 5.91 Å². The van der Waals surface area contributed by atoms with Crippen LogP contribution in [0.4, 0.5) is 13.2 Å². The van der Waals surface area contributed by atoms with Gasteiger partial charge < -0.3 is 5.73 Å². The van der Waals surface area contributed by atoms with Crippen LogP contribution in [0.5, 0.6) is 0 Å². The fraction of sp³-hybridized carbons (Fsp3) is 0.158. The molecule has 0 saturated heterocycles. The van der Waals surface area contributed by atoms with E-state index in [1.807, 2.05) is 19.1 Å². The number of aromatic nitrogens is 2. The third-order valence-electron chi connectivity index (χ3n) is 3.91. The maximum Gasteiger partial charge on any atom is 0.435 e. The fourth-order valence-corrected chi connectivity index (χ4v) is 2.60. The molecule has 0 fully saturated rings. The van der Waals surface area contributed by atoms with E-state index in [2.05, 4.69) is 5.10 Å². The first kappa shape index (κ1) is 17.7. The van der Waals surface area contributed by atoms with E-state index in [1.165, 1.54) is 4.68 Å². The molecule has 0 aliphatic rings. The molecule has 0 bridgehead atoms. The minimum absolute atomic E-state index is 0.0675. The van der Waals surface area contributed by atoms with Crippen LogP contribution in [0.2, 0.25) is 0 Å².